The largest absolute Gasteiger partial charge is 0.395 e. The predicted molar refractivity (Wildman–Crippen MR) is 67.4 cm³/mol. The molecule has 0 bridgehead atoms. The van der Waals surface area contributed by atoms with Crippen molar-refractivity contribution in [3.8, 4) is 0 Å². The Kier molecular flexibility index (Phi) is 7.93. The lowest BCUT2D eigenvalue weighted by atomic mass is 10.0. The van der Waals surface area contributed by atoms with E-state index >= 15 is 0 Å². The lowest BCUT2D eigenvalue weighted by molar-refractivity contribution is 0.0446. The van der Waals surface area contributed by atoms with Crippen LogP contribution in [0.5, 0.6) is 0 Å². The van der Waals surface area contributed by atoms with Crippen LogP contribution in [-0.4, -0.2) is 55.0 Å². The Morgan fingerprint density at radius 1 is 1.25 bits per heavy atom. The number of hydrogen-bond acceptors (Lipinski definition) is 4. The first-order valence-corrected chi connectivity index (χ1v) is 6.05. The van der Waals surface area contributed by atoms with E-state index in [1.54, 1.807) is 7.11 Å². The number of nitrogens with two attached hydrogens (primary N) is 1. The maximum Gasteiger partial charge on any atom is 0.0629 e. The van der Waals surface area contributed by atoms with Gasteiger partial charge in [0.15, 0.2) is 0 Å². The van der Waals surface area contributed by atoms with Crippen LogP contribution in [0.4, 0.5) is 0 Å². The zero-order chi connectivity index (χ0) is 12.7. The first-order valence-electron chi connectivity index (χ1n) is 6.05. The van der Waals surface area contributed by atoms with Crippen LogP contribution < -0.4 is 5.73 Å². The minimum absolute atomic E-state index is 0.0256. The van der Waals surface area contributed by atoms with Gasteiger partial charge in [0.05, 0.1) is 19.3 Å². The maximum absolute atomic E-state index is 9.48. The van der Waals surface area contributed by atoms with E-state index in [-0.39, 0.29) is 18.7 Å². The Morgan fingerprint density at radius 2 is 1.81 bits per heavy atom. The molecule has 2 unspecified atom stereocenters. The second kappa shape index (κ2) is 8.01. The Morgan fingerprint density at radius 3 is 2.12 bits per heavy atom. The minimum atomic E-state index is -0.142. The molecule has 0 aromatic heterocycles. The molecule has 4 heteroatoms. The molecular weight excluding hydrogens is 204 g/mol. The van der Waals surface area contributed by atoms with Gasteiger partial charge in [-0.05, 0) is 19.8 Å². The van der Waals surface area contributed by atoms with Crippen molar-refractivity contribution >= 4 is 0 Å². The lowest BCUT2D eigenvalue weighted by Gasteiger charge is -2.38. The number of nitrogens with zero attached hydrogens (tertiary/aromatic N) is 1. The molecule has 0 aliphatic rings. The number of methoxy groups -OCH3 is 1. The molecule has 0 aliphatic carbocycles. The minimum Gasteiger partial charge on any atom is -0.395 e. The van der Waals surface area contributed by atoms with Gasteiger partial charge in [-0.25, -0.2) is 0 Å². The zero-order valence-electron chi connectivity index (χ0n) is 11.3. The van der Waals surface area contributed by atoms with Crippen molar-refractivity contribution in [3.05, 3.63) is 0 Å². The van der Waals surface area contributed by atoms with Crippen LogP contribution in [0.25, 0.3) is 0 Å². The van der Waals surface area contributed by atoms with E-state index in [9.17, 15) is 5.11 Å². The van der Waals surface area contributed by atoms with Crippen LogP contribution in [0.15, 0.2) is 0 Å². The summed E-state index contributed by atoms with van der Waals surface area (Å²) in [6, 6.07) is 0.209. The molecule has 98 valence electrons. The quantitative estimate of drug-likeness (QED) is 0.646. The fourth-order valence-corrected chi connectivity index (χ4v) is 1.94. The highest BCUT2D eigenvalue weighted by Crippen LogP contribution is 2.11. The first-order chi connectivity index (χ1) is 7.43. The summed E-state index contributed by atoms with van der Waals surface area (Å²) in [6.45, 7) is 10.1. The third-order valence-electron chi connectivity index (χ3n) is 2.71. The third kappa shape index (κ3) is 5.25. The second-order valence-corrected chi connectivity index (χ2v) is 5.05. The zero-order valence-corrected chi connectivity index (χ0v) is 11.3. The van der Waals surface area contributed by atoms with Crippen LogP contribution in [0.1, 0.15) is 27.7 Å². The highest BCUT2D eigenvalue weighted by molar-refractivity contribution is 4.84. The van der Waals surface area contributed by atoms with E-state index in [1.165, 1.54) is 0 Å². The molecule has 0 aromatic rings. The Hall–Kier alpha value is -0.160. The number of ether oxygens (including phenoxy) is 1. The number of aliphatic hydroxyl groups is 1. The SMILES string of the molecule is COCC(N)C(CO)N(CC(C)C)C(C)C. The monoisotopic (exact) mass is 232 g/mol. The van der Waals surface area contributed by atoms with Gasteiger partial charge in [0.25, 0.3) is 0 Å². The van der Waals surface area contributed by atoms with Gasteiger partial charge in [-0.2, -0.15) is 0 Å². The van der Waals surface area contributed by atoms with E-state index in [1.807, 2.05) is 0 Å². The molecule has 0 saturated carbocycles. The molecule has 0 amide bonds. The van der Waals surface area contributed by atoms with Crippen molar-refractivity contribution in [2.45, 2.75) is 45.8 Å². The van der Waals surface area contributed by atoms with Gasteiger partial charge >= 0.3 is 0 Å². The van der Waals surface area contributed by atoms with Gasteiger partial charge in [0, 0.05) is 25.7 Å². The number of hydrogen-bond donors (Lipinski definition) is 2. The lowest BCUT2D eigenvalue weighted by Crippen LogP contribution is -2.55. The molecule has 3 N–H and O–H groups in total. The van der Waals surface area contributed by atoms with Crippen molar-refractivity contribution in [2.75, 3.05) is 26.9 Å². The number of aliphatic hydroxyl groups excluding tert-OH is 1. The Labute approximate surface area is 99.8 Å². The maximum atomic E-state index is 9.48. The van der Waals surface area contributed by atoms with Crippen molar-refractivity contribution in [1.29, 1.82) is 0 Å². The molecule has 4 nitrogen and oxygen atoms in total. The van der Waals surface area contributed by atoms with E-state index in [4.69, 9.17) is 10.5 Å². The normalized spacial score (nSPS) is 16.1. The smallest absolute Gasteiger partial charge is 0.0629 e. The molecule has 0 aliphatic heterocycles. The van der Waals surface area contributed by atoms with Gasteiger partial charge in [0.1, 0.15) is 0 Å². The summed E-state index contributed by atoms with van der Waals surface area (Å²) >= 11 is 0. The Bertz CT molecular complexity index is 174. The predicted octanol–water partition coefficient (Wildman–Crippen LogP) is 0.687. The van der Waals surface area contributed by atoms with Gasteiger partial charge in [0.2, 0.25) is 0 Å². The van der Waals surface area contributed by atoms with Crippen LogP contribution in [0, 0.1) is 5.92 Å². The second-order valence-electron chi connectivity index (χ2n) is 5.05. The molecular formula is C12H28N2O2. The van der Waals surface area contributed by atoms with Gasteiger partial charge in [-0.3, -0.25) is 4.90 Å². The average molecular weight is 232 g/mol. The van der Waals surface area contributed by atoms with Crippen molar-refractivity contribution in [2.24, 2.45) is 11.7 Å². The van der Waals surface area contributed by atoms with E-state index in [0.29, 0.717) is 18.6 Å². The highest BCUT2D eigenvalue weighted by Gasteiger charge is 2.26. The molecule has 0 rings (SSSR count). The van der Waals surface area contributed by atoms with E-state index in [0.717, 1.165) is 6.54 Å². The fourth-order valence-electron chi connectivity index (χ4n) is 1.94. The summed E-state index contributed by atoms with van der Waals surface area (Å²) in [5.74, 6) is 0.561. The summed E-state index contributed by atoms with van der Waals surface area (Å²) in [7, 11) is 1.64. The molecule has 0 saturated heterocycles. The van der Waals surface area contributed by atoms with Crippen molar-refractivity contribution < 1.29 is 9.84 Å². The summed E-state index contributed by atoms with van der Waals surface area (Å²) in [5.41, 5.74) is 6.03. The van der Waals surface area contributed by atoms with E-state index in [2.05, 4.69) is 32.6 Å². The van der Waals surface area contributed by atoms with E-state index < -0.39 is 0 Å². The Balaban J connectivity index is 4.56. The summed E-state index contributed by atoms with van der Waals surface area (Å²) in [6.07, 6.45) is 0. The number of rotatable bonds is 8. The third-order valence-corrected chi connectivity index (χ3v) is 2.71. The van der Waals surface area contributed by atoms with Crippen LogP contribution in [0.2, 0.25) is 0 Å². The molecule has 0 spiro atoms. The van der Waals surface area contributed by atoms with Gasteiger partial charge in [-0.15, -0.1) is 0 Å². The van der Waals surface area contributed by atoms with Crippen molar-refractivity contribution in [3.63, 3.8) is 0 Å². The average Bonchev–Trinajstić information content (AvgIpc) is 2.17. The molecule has 0 aromatic carbocycles. The highest BCUT2D eigenvalue weighted by atomic mass is 16.5. The first kappa shape index (κ1) is 15.8. The fraction of sp³-hybridized carbons (Fsp3) is 1.00. The van der Waals surface area contributed by atoms with Crippen LogP contribution in [-0.2, 0) is 4.74 Å². The summed E-state index contributed by atoms with van der Waals surface area (Å²) in [4.78, 5) is 2.26. The summed E-state index contributed by atoms with van der Waals surface area (Å²) in [5, 5.41) is 9.48. The molecule has 0 heterocycles. The summed E-state index contributed by atoms with van der Waals surface area (Å²) < 4.78 is 5.06. The molecule has 16 heavy (non-hydrogen) atoms. The van der Waals surface area contributed by atoms with Crippen LogP contribution in [0.3, 0.4) is 0 Å². The van der Waals surface area contributed by atoms with Crippen LogP contribution >= 0.6 is 0 Å². The van der Waals surface area contributed by atoms with Gasteiger partial charge in [-0.1, -0.05) is 13.8 Å². The standard InChI is InChI=1S/C12H28N2O2/c1-9(2)6-14(10(3)4)12(7-15)11(13)8-16-5/h9-12,15H,6-8,13H2,1-5H3. The van der Waals surface area contributed by atoms with Crippen molar-refractivity contribution in [1.82, 2.24) is 4.90 Å². The molecule has 2 atom stereocenters. The molecule has 0 fully saturated rings. The van der Waals surface area contributed by atoms with Gasteiger partial charge < -0.3 is 15.6 Å². The topological polar surface area (TPSA) is 58.7 Å². The molecule has 0 radical (unpaired) electrons.